The largest absolute Gasteiger partial charge is 0.489 e. The minimum Gasteiger partial charge on any atom is -0.489 e. The lowest BCUT2D eigenvalue weighted by Crippen LogP contribution is -2.63. The lowest BCUT2D eigenvalue weighted by atomic mass is 9.70. The van der Waals surface area contributed by atoms with E-state index in [1.807, 2.05) is 23.1 Å². The normalized spacial score (nSPS) is 20.5. The highest BCUT2D eigenvalue weighted by Gasteiger charge is 2.48. The minimum absolute atomic E-state index is 0.0608. The number of halogens is 1. The van der Waals surface area contributed by atoms with Crippen LogP contribution in [0.1, 0.15) is 45.5 Å². The van der Waals surface area contributed by atoms with E-state index in [-0.39, 0.29) is 31.1 Å². The molecule has 0 spiro atoms. The van der Waals surface area contributed by atoms with Crippen LogP contribution in [-0.2, 0) is 29.3 Å². The van der Waals surface area contributed by atoms with Crippen molar-refractivity contribution >= 4 is 31.3 Å². The van der Waals surface area contributed by atoms with Crippen molar-refractivity contribution in [3.63, 3.8) is 0 Å². The summed E-state index contributed by atoms with van der Waals surface area (Å²) in [4.78, 5) is 43.0. The first kappa shape index (κ1) is 28.4. The number of carbonyl (C=O) groups is 3. The van der Waals surface area contributed by atoms with Crippen LogP contribution in [0.5, 0.6) is 5.75 Å². The minimum atomic E-state index is -1.59. The van der Waals surface area contributed by atoms with E-state index in [0.29, 0.717) is 47.8 Å². The number of rotatable bonds is 7. The number of nitrogens with one attached hydrogen (secondary N) is 1. The molecule has 1 N–H and O–H groups in total. The van der Waals surface area contributed by atoms with Crippen LogP contribution in [0.25, 0.3) is 0 Å². The molecule has 0 unspecified atom stereocenters. The van der Waals surface area contributed by atoms with Crippen LogP contribution in [0.15, 0.2) is 60.7 Å². The average Bonchev–Trinajstić information content (AvgIpc) is 3.36. The van der Waals surface area contributed by atoms with Crippen LogP contribution in [0, 0.1) is 17.1 Å². The highest BCUT2D eigenvalue weighted by Crippen LogP contribution is 2.37. The van der Waals surface area contributed by atoms with Crippen molar-refractivity contribution in [3.05, 3.63) is 94.3 Å². The highest BCUT2D eigenvalue weighted by atomic mass is 19.1. The van der Waals surface area contributed by atoms with E-state index in [1.165, 1.54) is 11.0 Å². The zero-order valence-corrected chi connectivity index (χ0v) is 23.5. The van der Waals surface area contributed by atoms with E-state index in [4.69, 9.17) is 17.8 Å². The van der Waals surface area contributed by atoms with Crippen LogP contribution < -0.4 is 15.0 Å². The standard InChI is InChI=1S/C32H29BFN5O4/c33-32(11-10-29(40)36-31(32)42)39-19-25-24(30(39)41)2-1-3-28(25)43-20-22-6-4-21(5-7-22)18-37-12-14-38(15-13-37)27-9-8-23(17-35)16-26(27)34/h1-9,16H,10-15,18-20H2,(H,36,40,42)/t32-/m1/s1. The third kappa shape index (κ3) is 5.58. The fourth-order valence-electron chi connectivity index (χ4n) is 5.87. The second kappa shape index (κ2) is 11.5. The molecule has 0 aromatic heterocycles. The second-order valence-electron chi connectivity index (χ2n) is 11.1. The van der Waals surface area contributed by atoms with Crippen molar-refractivity contribution in [2.24, 2.45) is 0 Å². The van der Waals surface area contributed by atoms with Gasteiger partial charge in [-0.25, -0.2) is 4.39 Å². The van der Waals surface area contributed by atoms with Crippen LogP contribution in [0.4, 0.5) is 10.1 Å². The Hall–Kier alpha value is -4.69. The van der Waals surface area contributed by atoms with E-state index >= 15 is 0 Å². The molecule has 2 fully saturated rings. The van der Waals surface area contributed by atoms with Crippen LogP contribution in [0.2, 0.25) is 0 Å². The molecule has 3 heterocycles. The number of amides is 3. The molecule has 9 nitrogen and oxygen atoms in total. The number of benzene rings is 3. The average molecular weight is 577 g/mol. The second-order valence-corrected chi connectivity index (χ2v) is 11.1. The number of hydrogen-bond donors (Lipinski definition) is 1. The summed E-state index contributed by atoms with van der Waals surface area (Å²) in [5.74, 6) is -1.25. The summed E-state index contributed by atoms with van der Waals surface area (Å²) in [6, 6.07) is 19.9. The van der Waals surface area contributed by atoms with Gasteiger partial charge in [0.2, 0.25) is 11.8 Å². The van der Waals surface area contributed by atoms with Crippen molar-refractivity contribution < 1.29 is 23.5 Å². The van der Waals surface area contributed by atoms with Crippen molar-refractivity contribution in [3.8, 4) is 11.8 Å². The molecular formula is C32H29BFN5O4. The smallest absolute Gasteiger partial charge is 0.254 e. The summed E-state index contributed by atoms with van der Waals surface area (Å²) in [6.45, 7) is 4.17. The van der Waals surface area contributed by atoms with Gasteiger partial charge in [-0.3, -0.25) is 24.6 Å². The third-order valence-corrected chi connectivity index (χ3v) is 8.40. The van der Waals surface area contributed by atoms with Gasteiger partial charge in [0.25, 0.3) is 5.91 Å². The Bertz CT molecular complexity index is 1630. The SMILES string of the molecule is [B][C@@]1(N2Cc3c(OCc4ccc(CN5CCN(c6ccc(C#N)cc6F)CC5)cc4)cccc3C2=O)CCC(=O)NC1=O. The van der Waals surface area contributed by atoms with Gasteiger partial charge >= 0.3 is 0 Å². The maximum atomic E-state index is 14.4. The molecule has 0 saturated carbocycles. The van der Waals surface area contributed by atoms with Crippen molar-refractivity contribution in [1.82, 2.24) is 15.1 Å². The molecule has 0 bridgehead atoms. The Morgan fingerprint density at radius 1 is 1.00 bits per heavy atom. The van der Waals surface area contributed by atoms with Crippen molar-refractivity contribution in [2.75, 3.05) is 31.1 Å². The number of piperazine rings is 1. The van der Waals surface area contributed by atoms with E-state index in [0.717, 1.165) is 30.8 Å². The molecule has 216 valence electrons. The van der Waals surface area contributed by atoms with E-state index in [9.17, 15) is 18.8 Å². The monoisotopic (exact) mass is 577 g/mol. The molecule has 43 heavy (non-hydrogen) atoms. The first-order chi connectivity index (χ1) is 20.7. The maximum Gasteiger partial charge on any atom is 0.254 e. The van der Waals surface area contributed by atoms with Crippen LogP contribution in [-0.4, -0.2) is 67.0 Å². The lowest BCUT2D eigenvalue weighted by Gasteiger charge is -2.40. The Kier molecular flexibility index (Phi) is 7.63. The summed E-state index contributed by atoms with van der Waals surface area (Å²) in [6.07, 6.45) is 0.127. The number of nitrogens with zero attached hydrogens (tertiary/aromatic N) is 4. The third-order valence-electron chi connectivity index (χ3n) is 8.40. The number of anilines is 1. The van der Waals surface area contributed by atoms with Gasteiger partial charge in [-0.05, 0) is 47.9 Å². The predicted octanol–water partition coefficient (Wildman–Crippen LogP) is 2.86. The fourth-order valence-corrected chi connectivity index (χ4v) is 5.87. The van der Waals surface area contributed by atoms with Gasteiger partial charge in [0.05, 0.1) is 29.3 Å². The number of piperidine rings is 1. The molecular weight excluding hydrogens is 548 g/mol. The number of carbonyl (C=O) groups excluding carboxylic acids is 3. The first-order valence-corrected chi connectivity index (χ1v) is 14.2. The van der Waals surface area contributed by atoms with E-state index in [1.54, 1.807) is 30.3 Å². The maximum absolute atomic E-state index is 14.4. The van der Waals surface area contributed by atoms with Crippen LogP contribution in [0.3, 0.4) is 0 Å². The fraction of sp³-hybridized carbons (Fsp3) is 0.312. The molecule has 3 aliphatic heterocycles. The molecule has 1 atom stereocenters. The Morgan fingerprint density at radius 2 is 1.74 bits per heavy atom. The van der Waals surface area contributed by atoms with Crippen molar-refractivity contribution in [1.29, 1.82) is 5.26 Å². The molecule has 6 rings (SSSR count). The summed E-state index contributed by atoms with van der Waals surface area (Å²) in [7, 11) is 6.35. The number of imide groups is 1. The molecule has 3 aromatic carbocycles. The Balaban J connectivity index is 1.04. The van der Waals surface area contributed by atoms with Gasteiger partial charge in [-0.1, -0.05) is 30.3 Å². The predicted molar refractivity (Wildman–Crippen MR) is 157 cm³/mol. The summed E-state index contributed by atoms with van der Waals surface area (Å²) in [5, 5.41) is 11.2. The summed E-state index contributed by atoms with van der Waals surface area (Å²) < 4.78 is 20.6. The van der Waals surface area contributed by atoms with Gasteiger partial charge < -0.3 is 14.5 Å². The Morgan fingerprint density at radius 3 is 2.44 bits per heavy atom. The van der Waals surface area contributed by atoms with E-state index < -0.39 is 17.3 Å². The zero-order valence-electron chi connectivity index (χ0n) is 23.5. The number of nitriles is 1. The lowest BCUT2D eigenvalue weighted by molar-refractivity contribution is -0.138. The zero-order chi connectivity index (χ0) is 30.1. The Labute approximate surface area is 250 Å². The number of ether oxygens (including phenoxy) is 1. The molecule has 3 aromatic rings. The molecule has 3 aliphatic rings. The first-order valence-electron chi connectivity index (χ1n) is 14.2. The quantitative estimate of drug-likeness (QED) is 0.340. The summed E-state index contributed by atoms with van der Waals surface area (Å²) >= 11 is 0. The molecule has 11 heteroatoms. The molecule has 2 saturated heterocycles. The van der Waals surface area contributed by atoms with E-state index in [2.05, 4.69) is 22.3 Å². The highest BCUT2D eigenvalue weighted by molar-refractivity contribution is 6.32. The van der Waals surface area contributed by atoms with Gasteiger partial charge in [0.15, 0.2) is 0 Å². The van der Waals surface area contributed by atoms with Gasteiger partial charge in [-0.2, -0.15) is 5.26 Å². The van der Waals surface area contributed by atoms with Gasteiger partial charge in [-0.15, -0.1) is 0 Å². The number of hydrogen-bond acceptors (Lipinski definition) is 7. The topological polar surface area (TPSA) is 106 Å². The van der Waals surface area contributed by atoms with Crippen molar-refractivity contribution in [2.45, 2.75) is 38.0 Å². The number of fused-ring (bicyclic) bond motifs is 1. The summed E-state index contributed by atoms with van der Waals surface area (Å²) in [5.41, 5.74) is 2.47. The molecule has 2 radical (unpaired) electrons. The van der Waals surface area contributed by atoms with Gasteiger partial charge in [0.1, 0.15) is 26.0 Å². The van der Waals surface area contributed by atoms with Gasteiger partial charge in [0, 0.05) is 50.3 Å². The molecule has 0 aliphatic carbocycles. The molecule has 3 amide bonds. The van der Waals surface area contributed by atoms with Crippen LogP contribution >= 0.6 is 0 Å².